The molecule has 1 fully saturated rings. The number of halogens is 1. The van der Waals surface area contributed by atoms with Crippen LogP contribution in [0.2, 0.25) is 0 Å². The number of aryl methyl sites for hydroxylation is 1. The fraction of sp³-hybridized carbons (Fsp3) is 0.364. The maximum Gasteiger partial charge on any atom is 0.255 e. The van der Waals surface area contributed by atoms with Crippen molar-refractivity contribution in [3.05, 3.63) is 59.2 Å². The van der Waals surface area contributed by atoms with Crippen molar-refractivity contribution in [3.63, 3.8) is 0 Å². The van der Waals surface area contributed by atoms with Crippen LogP contribution in [0.1, 0.15) is 46.5 Å². The molecule has 1 heterocycles. The number of hydrogen-bond donors (Lipinski definition) is 2. The van der Waals surface area contributed by atoms with E-state index in [1.165, 1.54) is 0 Å². The molecule has 2 aromatic carbocycles. The number of hydrogen-bond acceptors (Lipinski definition) is 3. The number of carbonyl (C=O) groups excluding carboxylic acids is 2. The first-order chi connectivity index (χ1) is 12.8. The van der Waals surface area contributed by atoms with Gasteiger partial charge in [-0.3, -0.25) is 9.59 Å². The first-order valence-electron chi connectivity index (χ1n) is 9.40. The van der Waals surface area contributed by atoms with Crippen LogP contribution in [-0.4, -0.2) is 29.8 Å². The van der Waals surface area contributed by atoms with E-state index < -0.39 is 0 Å². The molecule has 3 rings (SSSR count). The Balaban J connectivity index is 0.00000280. The predicted octanol–water partition coefficient (Wildman–Crippen LogP) is 4.37. The third kappa shape index (κ3) is 5.04. The fourth-order valence-electron chi connectivity index (χ4n) is 3.73. The number of amides is 2. The third-order valence-electron chi connectivity index (χ3n) is 5.06. The van der Waals surface area contributed by atoms with Crippen molar-refractivity contribution in [3.8, 4) is 0 Å². The number of nitrogens with zero attached hydrogens (tertiary/aromatic N) is 1. The lowest BCUT2D eigenvalue weighted by atomic mass is 9.91. The third-order valence-corrected chi connectivity index (χ3v) is 5.06. The minimum Gasteiger partial charge on any atom is -0.399 e. The van der Waals surface area contributed by atoms with Gasteiger partial charge in [-0.15, -0.1) is 12.4 Å². The second-order valence-electron chi connectivity index (χ2n) is 7.76. The van der Waals surface area contributed by atoms with Crippen LogP contribution in [0.4, 0.5) is 11.4 Å². The molecule has 0 aliphatic carbocycles. The lowest BCUT2D eigenvalue weighted by Crippen LogP contribution is -2.42. The van der Waals surface area contributed by atoms with Gasteiger partial charge in [0.25, 0.3) is 11.8 Å². The van der Waals surface area contributed by atoms with E-state index in [0.29, 0.717) is 34.3 Å². The van der Waals surface area contributed by atoms with Crippen molar-refractivity contribution in [2.24, 2.45) is 11.8 Å². The van der Waals surface area contributed by atoms with Gasteiger partial charge in [-0.1, -0.05) is 19.9 Å². The minimum atomic E-state index is -0.220. The first-order valence-corrected chi connectivity index (χ1v) is 9.40. The lowest BCUT2D eigenvalue weighted by Gasteiger charge is -2.35. The summed E-state index contributed by atoms with van der Waals surface area (Å²) in [5.41, 5.74) is 8.98. The molecule has 2 atom stereocenters. The molecule has 1 aliphatic rings. The van der Waals surface area contributed by atoms with Crippen LogP contribution >= 0.6 is 12.4 Å². The predicted molar refractivity (Wildman–Crippen MR) is 116 cm³/mol. The lowest BCUT2D eigenvalue weighted by molar-refractivity contribution is 0.0623. The summed E-state index contributed by atoms with van der Waals surface area (Å²) in [6, 6.07) is 12.2. The average molecular weight is 402 g/mol. The Kier molecular flexibility index (Phi) is 7.08. The zero-order chi connectivity index (χ0) is 19.6. The number of nitrogens with two attached hydrogens (primary N) is 1. The van der Waals surface area contributed by atoms with Gasteiger partial charge in [0.1, 0.15) is 0 Å². The summed E-state index contributed by atoms with van der Waals surface area (Å²) < 4.78 is 0. The van der Waals surface area contributed by atoms with Crippen LogP contribution in [-0.2, 0) is 0 Å². The Morgan fingerprint density at radius 3 is 2.18 bits per heavy atom. The molecule has 0 aromatic heterocycles. The molecule has 2 unspecified atom stereocenters. The van der Waals surface area contributed by atoms with Crippen molar-refractivity contribution in [1.29, 1.82) is 0 Å². The second kappa shape index (κ2) is 9.11. The molecule has 3 N–H and O–H groups in total. The van der Waals surface area contributed by atoms with E-state index in [1.54, 1.807) is 30.3 Å². The number of carbonyl (C=O) groups is 2. The van der Waals surface area contributed by atoms with Crippen molar-refractivity contribution in [2.75, 3.05) is 24.1 Å². The number of nitrogen functional groups attached to an aromatic ring is 1. The van der Waals surface area contributed by atoms with Crippen molar-refractivity contribution < 1.29 is 9.59 Å². The molecular formula is C22H28ClN3O2. The second-order valence-corrected chi connectivity index (χ2v) is 7.76. The highest BCUT2D eigenvalue weighted by molar-refractivity contribution is 6.05. The molecule has 150 valence electrons. The number of likely N-dealkylation sites (tertiary alicyclic amines) is 1. The molecule has 6 heteroatoms. The number of rotatable bonds is 3. The van der Waals surface area contributed by atoms with E-state index in [0.717, 1.165) is 25.1 Å². The Hall–Kier alpha value is -2.53. The summed E-state index contributed by atoms with van der Waals surface area (Å²) in [5, 5.41) is 2.91. The highest BCUT2D eigenvalue weighted by Gasteiger charge is 2.26. The van der Waals surface area contributed by atoms with Crippen molar-refractivity contribution >= 4 is 35.6 Å². The van der Waals surface area contributed by atoms with E-state index in [-0.39, 0.29) is 24.2 Å². The van der Waals surface area contributed by atoms with E-state index in [9.17, 15) is 9.59 Å². The Bertz CT molecular complexity index is 841. The van der Waals surface area contributed by atoms with Gasteiger partial charge < -0.3 is 16.0 Å². The van der Waals surface area contributed by atoms with Crippen molar-refractivity contribution in [2.45, 2.75) is 27.2 Å². The monoisotopic (exact) mass is 401 g/mol. The summed E-state index contributed by atoms with van der Waals surface area (Å²) in [7, 11) is 0. The van der Waals surface area contributed by atoms with Gasteiger partial charge in [0.2, 0.25) is 0 Å². The summed E-state index contributed by atoms with van der Waals surface area (Å²) in [5.74, 6) is 0.819. The number of benzene rings is 2. The minimum absolute atomic E-state index is 0. The summed E-state index contributed by atoms with van der Waals surface area (Å²) in [4.78, 5) is 27.4. The van der Waals surface area contributed by atoms with Crippen LogP contribution in [0.15, 0.2) is 42.5 Å². The van der Waals surface area contributed by atoms with E-state index in [2.05, 4.69) is 19.2 Å². The van der Waals surface area contributed by atoms with Crippen LogP contribution in [0.25, 0.3) is 0 Å². The van der Waals surface area contributed by atoms with Crippen molar-refractivity contribution in [1.82, 2.24) is 4.90 Å². The van der Waals surface area contributed by atoms with Crippen LogP contribution in [0, 0.1) is 18.8 Å². The summed E-state index contributed by atoms with van der Waals surface area (Å²) in [6.45, 7) is 7.85. The Labute approximate surface area is 172 Å². The molecule has 5 nitrogen and oxygen atoms in total. The molecule has 1 aliphatic heterocycles. The standard InChI is InChI=1S/C22H27N3O2.ClH/c1-14-10-15(2)13-25(12-14)22(27)18-5-4-16(3)20(11-18)24-21(26)17-6-8-19(23)9-7-17;/h4-9,11,14-15H,10,12-13,23H2,1-3H3,(H,24,26);1H. The molecule has 2 amide bonds. The maximum atomic E-state index is 12.9. The number of piperidine rings is 1. The van der Waals surface area contributed by atoms with Gasteiger partial charge in [-0.2, -0.15) is 0 Å². The Morgan fingerprint density at radius 2 is 1.57 bits per heavy atom. The molecule has 0 bridgehead atoms. The normalized spacial score (nSPS) is 18.9. The maximum absolute atomic E-state index is 12.9. The molecule has 0 spiro atoms. The Morgan fingerprint density at radius 1 is 1.00 bits per heavy atom. The first kappa shape index (κ1) is 21.8. The number of nitrogens with one attached hydrogen (secondary N) is 1. The zero-order valence-electron chi connectivity index (χ0n) is 16.6. The van der Waals surface area contributed by atoms with E-state index in [4.69, 9.17) is 5.73 Å². The van der Waals surface area contributed by atoms with Gasteiger partial charge >= 0.3 is 0 Å². The quantitative estimate of drug-likeness (QED) is 0.750. The van der Waals surface area contributed by atoms with Gasteiger partial charge in [-0.05, 0) is 67.1 Å². The number of anilines is 2. The van der Waals surface area contributed by atoms with E-state index in [1.807, 2.05) is 24.0 Å². The van der Waals surface area contributed by atoms with Crippen LogP contribution in [0.3, 0.4) is 0 Å². The zero-order valence-corrected chi connectivity index (χ0v) is 17.4. The average Bonchev–Trinajstić information content (AvgIpc) is 2.62. The molecule has 28 heavy (non-hydrogen) atoms. The SMILES string of the molecule is Cc1ccc(C(=O)N2CC(C)CC(C)C2)cc1NC(=O)c1ccc(N)cc1.Cl. The van der Waals surface area contributed by atoms with Gasteiger partial charge in [0.15, 0.2) is 0 Å². The van der Waals surface area contributed by atoms with Crippen LogP contribution in [0.5, 0.6) is 0 Å². The summed E-state index contributed by atoms with van der Waals surface area (Å²) >= 11 is 0. The molecular weight excluding hydrogens is 374 g/mol. The van der Waals surface area contributed by atoms with E-state index >= 15 is 0 Å². The molecule has 0 saturated carbocycles. The van der Waals surface area contributed by atoms with Gasteiger partial charge in [0, 0.05) is 35.6 Å². The van der Waals surface area contributed by atoms with Gasteiger partial charge in [-0.25, -0.2) is 0 Å². The van der Waals surface area contributed by atoms with Gasteiger partial charge in [0.05, 0.1) is 0 Å². The molecule has 2 aromatic rings. The fourth-order valence-corrected chi connectivity index (χ4v) is 3.73. The smallest absolute Gasteiger partial charge is 0.255 e. The highest BCUT2D eigenvalue weighted by atomic mass is 35.5. The molecule has 0 radical (unpaired) electrons. The highest BCUT2D eigenvalue weighted by Crippen LogP contribution is 2.24. The topological polar surface area (TPSA) is 75.4 Å². The largest absolute Gasteiger partial charge is 0.399 e. The summed E-state index contributed by atoms with van der Waals surface area (Å²) in [6.07, 6.45) is 1.15. The molecule has 1 saturated heterocycles. The van der Waals surface area contributed by atoms with Crippen LogP contribution < -0.4 is 11.1 Å².